The summed E-state index contributed by atoms with van der Waals surface area (Å²) < 4.78 is 1.82. The molecule has 0 atom stereocenters. The van der Waals surface area contributed by atoms with Crippen LogP contribution in [0.1, 0.15) is 15.9 Å². The number of carbonyl (C=O) groups is 1. The van der Waals surface area contributed by atoms with E-state index in [1.54, 1.807) is 12.1 Å². The monoisotopic (exact) mass is 367 g/mol. The molecular formula is C19H14ClN3O3. The standard InChI is InChI=1S/C19H14ClN3O3/c20-17-10-9-15(23(25)26)12-16(17)19(24)21-18-8-4-5-11-22(18)13-14-6-2-1-3-7-14/h1-12H,13H2. The molecule has 0 saturated carbocycles. The topological polar surface area (TPSA) is 77.5 Å². The summed E-state index contributed by atoms with van der Waals surface area (Å²) in [7, 11) is 0. The second-order valence-corrected chi connectivity index (χ2v) is 5.92. The third-order valence-electron chi connectivity index (χ3n) is 3.72. The zero-order chi connectivity index (χ0) is 18.5. The second kappa shape index (κ2) is 7.76. The van der Waals surface area contributed by atoms with Gasteiger partial charge < -0.3 is 4.57 Å². The van der Waals surface area contributed by atoms with Crippen LogP contribution < -0.4 is 5.49 Å². The third-order valence-corrected chi connectivity index (χ3v) is 4.05. The Morgan fingerprint density at radius 1 is 1.08 bits per heavy atom. The van der Waals surface area contributed by atoms with Gasteiger partial charge in [0.2, 0.25) is 0 Å². The molecule has 6 nitrogen and oxygen atoms in total. The van der Waals surface area contributed by atoms with Crippen LogP contribution in [0.25, 0.3) is 0 Å². The maximum Gasteiger partial charge on any atom is 0.280 e. The molecular weight excluding hydrogens is 354 g/mol. The Morgan fingerprint density at radius 2 is 1.81 bits per heavy atom. The van der Waals surface area contributed by atoms with Crippen molar-refractivity contribution in [1.82, 2.24) is 4.57 Å². The SMILES string of the molecule is O=C(N=c1ccccn1Cc1ccccc1)c1cc([N+](=O)[O-])ccc1Cl. The van der Waals surface area contributed by atoms with Crippen LogP contribution in [0.15, 0.2) is 77.9 Å². The molecule has 2 aromatic carbocycles. The van der Waals surface area contributed by atoms with Crippen molar-refractivity contribution in [2.45, 2.75) is 6.54 Å². The van der Waals surface area contributed by atoms with E-state index in [4.69, 9.17) is 11.6 Å². The van der Waals surface area contributed by atoms with Crippen LogP contribution in [0.5, 0.6) is 0 Å². The van der Waals surface area contributed by atoms with Gasteiger partial charge >= 0.3 is 0 Å². The number of aromatic nitrogens is 1. The summed E-state index contributed by atoms with van der Waals surface area (Å²) in [5, 5.41) is 11.0. The predicted octanol–water partition coefficient (Wildman–Crippen LogP) is 3.84. The lowest BCUT2D eigenvalue weighted by molar-refractivity contribution is -0.384. The van der Waals surface area contributed by atoms with Gasteiger partial charge in [-0.3, -0.25) is 14.9 Å². The minimum atomic E-state index is -0.633. The number of nitrogens with zero attached hydrogens (tertiary/aromatic N) is 3. The van der Waals surface area contributed by atoms with Gasteiger partial charge in [0.1, 0.15) is 5.49 Å². The molecule has 1 aromatic heterocycles. The number of hydrogen-bond donors (Lipinski definition) is 0. The quantitative estimate of drug-likeness (QED) is 0.519. The van der Waals surface area contributed by atoms with Gasteiger partial charge in [-0.05, 0) is 23.8 Å². The highest BCUT2D eigenvalue weighted by atomic mass is 35.5. The first-order valence-corrected chi connectivity index (χ1v) is 8.15. The first-order valence-electron chi connectivity index (χ1n) is 7.77. The fourth-order valence-corrected chi connectivity index (χ4v) is 2.64. The van der Waals surface area contributed by atoms with Crippen molar-refractivity contribution >= 4 is 23.2 Å². The van der Waals surface area contributed by atoms with E-state index in [0.717, 1.165) is 11.6 Å². The first-order chi connectivity index (χ1) is 12.5. The van der Waals surface area contributed by atoms with E-state index in [-0.39, 0.29) is 16.3 Å². The summed E-state index contributed by atoms with van der Waals surface area (Å²) >= 11 is 6.02. The molecule has 0 aliphatic carbocycles. The van der Waals surface area contributed by atoms with Gasteiger partial charge in [0.15, 0.2) is 0 Å². The fourth-order valence-electron chi connectivity index (χ4n) is 2.44. The molecule has 0 N–H and O–H groups in total. The molecule has 0 aliphatic rings. The van der Waals surface area contributed by atoms with E-state index in [9.17, 15) is 14.9 Å². The van der Waals surface area contributed by atoms with Gasteiger partial charge in [-0.2, -0.15) is 4.99 Å². The lowest BCUT2D eigenvalue weighted by Crippen LogP contribution is -2.22. The molecule has 0 unspecified atom stereocenters. The fraction of sp³-hybridized carbons (Fsp3) is 0.0526. The number of hydrogen-bond acceptors (Lipinski definition) is 3. The van der Waals surface area contributed by atoms with E-state index in [2.05, 4.69) is 4.99 Å². The first kappa shape index (κ1) is 17.6. The number of carbonyl (C=O) groups excluding carboxylic acids is 1. The molecule has 0 radical (unpaired) electrons. The predicted molar refractivity (Wildman–Crippen MR) is 98.0 cm³/mol. The van der Waals surface area contributed by atoms with Gasteiger partial charge in [-0.15, -0.1) is 0 Å². The smallest absolute Gasteiger partial charge is 0.280 e. The van der Waals surface area contributed by atoms with Crippen molar-refractivity contribution in [1.29, 1.82) is 0 Å². The Balaban J connectivity index is 1.99. The summed E-state index contributed by atoms with van der Waals surface area (Å²) in [6.07, 6.45) is 1.81. The van der Waals surface area contributed by atoms with E-state index in [0.29, 0.717) is 12.0 Å². The summed E-state index contributed by atoms with van der Waals surface area (Å²) in [5.74, 6) is -0.633. The van der Waals surface area contributed by atoms with Crippen molar-refractivity contribution in [2.75, 3.05) is 0 Å². The molecule has 130 valence electrons. The van der Waals surface area contributed by atoms with Gasteiger partial charge in [0.05, 0.1) is 15.5 Å². The maximum absolute atomic E-state index is 12.5. The maximum atomic E-state index is 12.5. The highest BCUT2D eigenvalue weighted by Gasteiger charge is 2.15. The van der Waals surface area contributed by atoms with Crippen LogP contribution in [-0.2, 0) is 6.54 Å². The van der Waals surface area contributed by atoms with Crippen molar-refractivity contribution < 1.29 is 9.72 Å². The highest BCUT2D eigenvalue weighted by molar-refractivity contribution is 6.34. The van der Waals surface area contributed by atoms with Crippen molar-refractivity contribution in [3.05, 3.63) is 105 Å². The molecule has 0 fully saturated rings. The molecule has 1 heterocycles. The molecule has 0 bridgehead atoms. The molecule has 1 amide bonds. The molecule has 7 heteroatoms. The summed E-state index contributed by atoms with van der Waals surface area (Å²) in [5.41, 5.74) is 1.28. The number of nitro groups is 1. The van der Waals surface area contributed by atoms with Crippen LogP contribution in [-0.4, -0.2) is 15.4 Å². The third kappa shape index (κ3) is 4.04. The molecule has 3 aromatic rings. The minimum Gasteiger partial charge on any atom is -0.328 e. The number of non-ortho nitro benzene ring substituents is 1. The number of pyridine rings is 1. The highest BCUT2D eigenvalue weighted by Crippen LogP contribution is 2.22. The van der Waals surface area contributed by atoms with Gasteiger partial charge in [-0.1, -0.05) is 48.0 Å². The van der Waals surface area contributed by atoms with Crippen molar-refractivity contribution in [3.63, 3.8) is 0 Å². The Labute approximate surface area is 154 Å². The second-order valence-electron chi connectivity index (χ2n) is 5.51. The molecule has 3 rings (SSSR count). The van der Waals surface area contributed by atoms with Gasteiger partial charge in [-0.25, -0.2) is 0 Å². The normalized spacial score (nSPS) is 11.3. The number of rotatable bonds is 4. The summed E-state index contributed by atoms with van der Waals surface area (Å²) in [6.45, 7) is 0.538. The molecule has 0 spiro atoms. The van der Waals surface area contributed by atoms with E-state index in [1.807, 2.05) is 47.2 Å². The average Bonchev–Trinajstić information content (AvgIpc) is 2.64. The lowest BCUT2D eigenvalue weighted by atomic mass is 10.2. The Morgan fingerprint density at radius 3 is 2.54 bits per heavy atom. The van der Waals surface area contributed by atoms with E-state index < -0.39 is 10.8 Å². The number of amides is 1. The van der Waals surface area contributed by atoms with Crippen LogP contribution >= 0.6 is 11.6 Å². The Bertz CT molecular complexity index is 1030. The van der Waals surface area contributed by atoms with Gasteiger partial charge in [0.25, 0.3) is 11.6 Å². The summed E-state index contributed by atoms with van der Waals surface area (Å²) in [6, 6.07) is 18.8. The van der Waals surface area contributed by atoms with Crippen LogP contribution in [0.3, 0.4) is 0 Å². The minimum absolute atomic E-state index is 0.00372. The van der Waals surface area contributed by atoms with Gasteiger partial charge in [0, 0.05) is 24.9 Å². The molecule has 26 heavy (non-hydrogen) atoms. The molecule has 0 aliphatic heterocycles. The van der Waals surface area contributed by atoms with Crippen LogP contribution in [0, 0.1) is 10.1 Å². The van der Waals surface area contributed by atoms with E-state index >= 15 is 0 Å². The van der Waals surface area contributed by atoms with Crippen molar-refractivity contribution in [2.24, 2.45) is 4.99 Å². The Kier molecular flexibility index (Phi) is 5.24. The van der Waals surface area contributed by atoms with Crippen molar-refractivity contribution in [3.8, 4) is 0 Å². The van der Waals surface area contributed by atoms with Crippen LogP contribution in [0.4, 0.5) is 5.69 Å². The van der Waals surface area contributed by atoms with E-state index in [1.165, 1.54) is 12.1 Å². The number of halogens is 1. The summed E-state index contributed by atoms with van der Waals surface area (Å²) in [4.78, 5) is 27.0. The average molecular weight is 368 g/mol. The zero-order valence-corrected chi connectivity index (χ0v) is 14.3. The van der Waals surface area contributed by atoms with Crippen LogP contribution in [0.2, 0.25) is 5.02 Å². The zero-order valence-electron chi connectivity index (χ0n) is 13.6. The number of benzene rings is 2. The Hall–Kier alpha value is -3.25. The largest absolute Gasteiger partial charge is 0.328 e. The molecule has 0 saturated heterocycles. The lowest BCUT2D eigenvalue weighted by Gasteiger charge is -2.07. The number of nitro benzene ring substituents is 1.